The molecule has 0 amide bonds. The van der Waals surface area contributed by atoms with Crippen LogP contribution in [0, 0.1) is 11.8 Å². The molecule has 2 fully saturated rings. The van der Waals surface area contributed by atoms with Crippen LogP contribution in [-0.4, -0.2) is 133 Å². The van der Waals surface area contributed by atoms with Crippen LogP contribution in [0.1, 0.15) is 148 Å². The number of rotatable bonds is 28. The average molecular weight is 1440 g/mol. The molecule has 104 heavy (non-hydrogen) atoms. The van der Waals surface area contributed by atoms with E-state index in [0.29, 0.717) is 57.9 Å². The summed E-state index contributed by atoms with van der Waals surface area (Å²) in [7, 11) is 0.159. The van der Waals surface area contributed by atoms with E-state index < -0.39 is 80.5 Å². The van der Waals surface area contributed by atoms with Gasteiger partial charge in [0.2, 0.25) is 0 Å². The number of carbonyl (C=O) groups excluding carboxylic acids is 4. The molecule has 10 atom stereocenters. The van der Waals surface area contributed by atoms with Crippen molar-refractivity contribution in [1.82, 2.24) is 0 Å². The number of cyclic esters (lactones) is 1. The van der Waals surface area contributed by atoms with Crippen LogP contribution in [-0.2, 0) is 47.1 Å². The van der Waals surface area contributed by atoms with E-state index in [1.165, 1.54) is 31.5 Å². The third-order valence-corrected chi connectivity index (χ3v) is 23.0. The maximum Gasteiger partial charge on any atom is 0.342 e. The molecule has 0 aliphatic carbocycles. The van der Waals surface area contributed by atoms with Gasteiger partial charge in [0.05, 0.1) is 28.9 Å². The number of benzene rings is 6. The molecule has 0 bridgehead atoms. The minimum atomic E-state index is -2.85. The molecule has 6 aromatic rings. The molecule has 554 valence electrons. The van der Waals surface area contributed by atoms with Gasteiger partial charge >= 0.3 is 17.9 Å². The minimum absolute atomic E-state index is 0.0437. The second-order valence-electron chi connectivity index (χ2n) is 27.7. The van der Waals surface area contributed by atoms with Crippen molar-refractivity contribution in [1.29, 1.82) is 0 Å². The van der Waals surface area contributed by atoms with Gasteiger partial charge in [-0.05, 0) is 142 Å². The molecule has 0 spiro atoms. The smallest absolute Gasteiger partial charge is 0.342 e. The van der Waals surface area contributed by atoms with Crippen molar-refractivity contribution in [3.05, 3.63) is 241 Å². The van der Waals surface area contributed by atoms with Crippen molar-refractivity contribution in [2.24, 2.45) is 11.8 Å². The average Bonchev–Trinajstić information content (AvgIpc) is 0.849. The van der Waals surface area contributed by atoms with Crippen LogP contribution in [0.4, 0.5) is 0 Å². The molecule has 2 saturated heterocycles. The third-order valence-electron chi connectivity index (χ3n) is 17.9. The highest BCUT2D eigenvalue weighted by atomic mass is 28.4. The maximum atomic E-state index is 13.7. The molecule has 3 aliphatic heterocycles. The van der Waals surface area contributed by atoms with Gasteiger partial charge in [0.1, 0.15) is 72.3 Å². The monoisotopic (exact) mass is 1440 g/mol. The number of esters is 3. The summed E-state index contributed by atoms with van der Waals surface area (Å²) in [6.45, 7) is 31.5. The molecule has 6 aromatic carbocycles. The number of hydrogen-bond donors (Lipinski definition) is 0. The second-order valence-corrected chi connectivity index (χ2v) is 32.0. The molecule has 0 aromatic heterocycles. The van der Waals surface area contributed by atoms with Crippen LogP contribution in [0.5, 0.6) is 23.0 Å². The summed E-state index contributed by atoms with van der Waals surface area (Å²) in [5.41, 5.74) is 2.62. The Kier molecular flexibility index (Phi) is 29.2. The molecule has 0 radical (unpaired) electrons. The third kappa shape index (κ3) is 21.6. The lowest BCUT2D eigenvalue weighted by Crippen LogP contribution is -2.67. The number of hydrogen-bond acceptors (Lipinski definition) is 18. The summed E-state index contributed by atoms with van der Waals surface area (Å²) in [6, 6.07) is 45.7. The predicted octanol–water partition coefficient (Wildman–Crippen LogP) is 15.9. The normalized spacial score (nSPS) is 21.6. The maximum absolute atomic E-state index is 13.7. The van der Waals surface area contributed by atoms with E-state index in [0.717, 1.165) is 0 Å². The zero-order valence-electron chi connectivity index (χ0n) is 62.4. The lowest BCUT2D eigenvalue weighted by Gasteiger charge is -2.45. The molecular formula is C85H102O18Si. The first-order valence-corrected chi connectivity index (χ1v) is 37.1. The fourth-order valence-corrected chi connectivity index (χ4v) is 17.4. The van der Waals surface area contributed by atoms with Gasteiger partial charge in [-0.3, -0.25) is 4.79 Å². The Bertz CT molecular complexity index is 3900. The van der Waals surface area contributed by atoms with Gasteiger partial charge in [-0.2, -0.15) is 0 Å². The van der Waals surface area contributed by atoms with Crippen molar-refractivity contribution in [2.45, 2.75) is 161 Å². The van der Waals surface area contributed by atoms with Gasteiger partial charge < -0.3 is 66.0 Å². The van der Waals surface area contributed by atoms with E-state index in [4.69, 9.17) is 66.0 Å². The van der Waals surface area contributed by atoms with Gasteiger partial charge in [0.15, 0.2) is 30.9 Å². The highest BCUT2D eigenvalue weighted by Gasteiger charge is 2.52. The number of ketones is 1. The zero-order valence-corrected chi connectivity index (χ0v) is 63.4. The van der Waals surface area contributed by atoms with Gasteiger partial charge in [0, 0.05) is 38.4 Å². The minimum Gasteiger partial charge on any atom is -0.489 e. The van der Waals surface area contributed by atoms with Crippen LogP contribution in [0.2, 0.25) is 5.04 Å². The van der Waals surface area contributed by atoms with E-state index in [1.54, 1.807) is 104 Å². The first-order chi connectivity index (χ1) is 49.7. The van der Waals surface area contributed by atoms with Crippen molar-refractivity contribution < 1.29 is 85.2 Å². The molecule has 3 heterocycles. The predicted molar refractivity (Wildman–Crippen MR) is 405 cm³/mol. The van der Waals surface area contributed by atoms with Gasteiger partial charge in [0.25, 0.3) is 8.32 Å². The SMILES string of the molecule is C=CCOc1cc(/C=C/C[C@@H]2OC(C)(C)OC2C(/C=C\[C@@H](C)[C@@H](C)O[Si](c2ccccc2)(c2ccccc2)C(C)(C)C)OC(=O)c2ccccc2)c(C(C)=O)c(OCOC)c1.C=CCOc1cc2c(c(OCOC)c1)C(=O)O[C@@H](C)[C@H](C)/C=C\C(OC(=O)c1ccccc1)C1OC(C)(C)O[C@H]1C/C=C/2. The fraction of sp³-hybridized carbons (Fsp3) is 0.388. The van der Waals surface area contributed by atoms with Crippen molar-refractivity contribution in [3.63, 3.8) is 0 Å². The molecular weight excluding hydrogens is 1340 g/mol. The second kappa shape index (κ2) is 37.6. The molecule has 0 N–H and O–H groups in total. The number of methoxy groups -OCH3 is 2. The molecule has 4 unspecified atom stereocenters. The van der Waals surface area contributed by atoms with Gasteiger partial charge in [-0.15, -0.1) is 0 Å². The summed E-state index contributed by atoms with van der Waals surface area (Å²) in [5.74, 6) is -2.32. The molecule has 18 nitrogen and oxygen atoms in total. The summed E-state index contributed by atoms with van der Waals surface area (Å²) >= 11 is 0. The molecule has 0 saturated carbocycles. The molecule has 19 heteroatoms. The Labute approximate surface area is 614 Å². The van der Waals surface area contributed by atoms with Gasteiger partial charge in [-0.1, -0.05) is 193 Å². The van der Waals surface area contributed by atoms with Crippen molar-refractivity contribution in [2.75, 3.05) is 41.0 Å². The largest absolute Gasteiger partial charge is 0.489 e. The number of Topliss-reactive ketones (excluding diaryl/α,β-unsaturated/α-hetero) is 1. The number of fused-ring (bicyclic) bond motifs is 2. The topological polar surface area (TPSA) is 197 Å². The number of ether oxygens (including phenoxy) is 13. The summed E-state index contributed by atoms with van der Waals surface area (Å²) in [6.07, 6.45) is 14.5. The first-order valence-electron chi connectivity index (χ1n) is 35.2. The van der Waals surface area contributed by atoms with Crippen molar-refractivity contribution in [3.8, 4) is 23.0 Å². The molecule has 3 aliphatic rings. The van der Waals surface area contributed by atoms with Crippen molar-refractivity contribution >= 4 is 54.5 Å². The quantitative estimate of drug-likeness (QED) is 0.0112. The highest BCUT2D eigenvalue weighted by molar-refractivity contribution is 6.99. The lowest BCUT2D eigenvalue weighted by atomic mass is 9.98. The molecule has 9 rings (SSSR count). The van der Waals surface area contributed by atoms with E-state index in [2.05, 4.69) is 102 Å². The fourth-order valence-electron chi connectivity index (χ4n) is 12.6. The first kappa shape index (κ1) is 80.7. The van der Waals surface area contributed by atoms with Crippen LogP contribution < -0.4 is 29.3 Å². The summed E-state index contributed by atoms with van der Waals surface area (Å²) < 4.78 is 84.7. The van der Waals surface area contributed by atoms with Crippen LogP contribution >= 0.6 is 0 Å². The standard InChI is InChI=1S/C51H62O9Si.C34H40O9/c1-11-32-55-41-33-40(47(37(3)52)46(34-41)56-35-54-10)24-21-29-45-48(59-51(8,9)58-45)44(57-49(53)39-22-15-12-16-23-39)31-30-36(2)38(4)60-61(50(5,6)7,42-25-17-13-18-26-42)43-27-19-14-20-28-43;1-7-18-38-26-19-25-14-11-15-28-31(43-34(4,5)42-28)27(41-32(35)24-12-9-8-10-13-24)17-16-22(2)23(3)40-33(36)30(25)29(20-26)39-21-37-6/h11-28,30-31,33-34,36,38,44-45,48H,1,29,32,35H2,2-10H3;7-14,16-17,19-20,22-23,27-28,31H,1,15,18,21H2,2-6H3/b24-21+,31-30-;14-11+,17-16-/t36-,38-,44?,45+,48?;22-,23+,27?,28+,31?/m11/s1. The van der Waals surface area contributed by atoms with E-state index in [9.17, 15) is 19.2 Å². The summed E-state index contributed by atoms with van der Waals surface area (Å²) in [4.78, 5) is 53.4. The van der Waals surface area contributed by atoms with Crippen LogP contribution in [0.3, 0.4) is 0 Å². The number of carbonyl (C=O) groups is 4. The van der Waals surface area contributed by atoms with E-state index in [1.807, 2.05) is 89.3 Å². The summed E-state index contributed by atoms with van der Waals surface area (Å²) in [5, 5.41) is 2.20. The zero-order chi connectivity index (χ0) is 75.2. The van der Waals surface area contributed by atoms with E-state index >= 15 is 0 Å². The van der Waals surface area contributed by atoms with Crippen LogP contribution in [0.15, 0.2) is 207 Å². The Balaban J connectivity index is 0.000000279. The Hall–Kier alpha value is -9.02. The Morgan fingerprint density at radius 3 is 1.79 bits per heavy atom. The van der Waals surface area contributed by atoms with E-state index in [-0.39, 0.29) is 66.9 Å². The highest BCUT2D eigenvalue weighted by Crippen LogP contribution is 2.41. The Morgan fingerprint density at radius 2 is 1.22 bits per heavy atom. The Morgan fingerprint density at radius 1 is 0.673 bits per heavy atom. The van der Waals surface area contributed by atoms with Crippen LogP contribution in [0.25, 0.3) is 12.2 Å². The lowest BCUT2D eigenvalue weighted by molar-refractivity contribution is -0.153. The van der Waals surface area contributed by atoms with Gasteiger partial charge in [-0.25, -0.2) is 14.4 Å².